The highest BCUT2D eigenvalue weighted by Crippen LogP contribution is 2.28. The molecule has 0 saturated carbocycles. The highest BCUT2D eigenvalue weighted by molar-refractivity contribution is 6.00. The van der Waals surface area contributed by atoms with Crippen LogP contribution in [0.4, 0.5) is 5.69 Å². The number of H-pyrrole nitrogens is 1. The number of nitrogens with one attached hydrogen (secondary N) is 3. The summed E-state index contributed by atoms with van der Waals surface area (Å²) in [4.78, 5) is 28.7. The maximum atomic E-state index is 12.4. The zero-order valence-corrected chi connectivity index (χ0v) is 15.2. The van der Waals surface area contributed by atoms with E-state index in [-0.39, 0.29) is 24.3 Å². The fourth-order valence-electron chi connectivity index (χ4n) is 3.21. The van der Waals surface area contributed by atoms with Crippen LogP contribution in [0.15, 0.2) is 48.5 Å². The normalized spacial score (nSPS) is 15.2. The van der Waals surface area contributed by atoms with Gasteiger partial charge in [-0.3, -0.25) is 14.7 Å². The van der Waals surface area contributed by atoms with E-state index in [9.17, 15) is 9.59 Å². The van der Waals surface area contributed by atoms with Crippen molar-refractivity contribution in [3.8, 4) is 11.4 Å². The number of rotatable bonds is 6. The van der Waals surface area contributed by atoms with Crippen LogP contribution in [0.5, 0.6) is 0 Å². The number of fused-ring (bicyclic) bond motifs is 1. The molecule has 2 heterocycles. The van der Waals surface area contributed by atoms with Crippen molar-refractivity contribution in [2.45, 2.75) is 19.1 Å². The van der Waals surface area contributed by atoms with Gasteiger partial charge in [0.05, 0.1) is 12.5 Å². The topological polar surface area (TPSA) is 109 Å². The van der Waals surface area contributed by atoms with Gasteiger partial charge in [-0.1, -0.05) is 18.2 Å². The molecule has 0 saturated heterocycles. The summed E-state index contributed by atoms with van der Waals surface area (Å²) in [6.45, 7) is 0.363. The first-order valence-electron chi connectivity index (χ1n) is 8.84. The van der Waals surface area contributed by atoms with E-state index in [0.717, 1.165) is 11.1 Å². The number of anilines is 1. The standard InChI is InChI=1S/C20H19N5O3/c1-28-11-17-23-19(25-24-17)12-6-8-13(9-7-12)21-18(26)10-16-14-4-2-3-5-15(14)20(27)22-16/h2-9,16H,10-11H2,1H3,(H,21,26)(H,22,27)(H,23,24,25)/t16-/m0/s1. The molecule has 1 aromatic heterocycles. The van der Waals surface area contributed by atoms with Crippen molar-refractivity contribution in [3.63, 3.8) is 0 Å². The largest absolute Gasteiger partial charge is 0.377 e. The molecule has 0 spiro atoms. The fourth-order valence-corrected chi connectivity index (χ4v) is 3.21. The Morgan fingerprint density at radius 1 is 1.18 bits per heavy atom. The van der Waals surface area contributed by atoms with Crippen molar-refractivity contribution in [3.05, 3.63) is 65.5 Å². The van der Waals surface area contributed by atoms with Crippen LogP contribution in [-0.4, -0.2) is 34.1 Å². The van der Waals surface area contributed by atoms with E-state index in [4.69, 9.17) is 4.74 Å². The molecule has 0 radical (unpaired) electrons. The van der Waals surface area contributed by atoms with Crippen LogP contribution >= 0.6 is 0 Å². The molecule has 1 atom stereocenters. The number of benzene rings is 2. The van der Waals surface area contributed by atoms with Crippen molar-refractivity contribution in [1.82, 2.24) is 20.5 Å². The summed E-state index contributed by atoms with van der Waals surface area (Å²) in [5.74, 6) is 0.899. The SMILES string of the molecule is COCc1nc(-c2ccc(NC(=O)C[C@@H]3NC(=O)c4ccccc43)cc2)n[nH]1. The van der Waals surface area contributed by atoms with Crippen LogP contribution in [0.25, 0.3) is 11.4 Å². The summed E-state index contributed by atoms with van der Waals surface area (Å²) < 4.78 is 5.02. The molecule has 0 bridgehead atoms. The Balaban J connectivity index is 1.39. The number of methoxy groups -OCH3 is 1. The van der Waals surface area contributed by atoms with Gasteiger partial charge >= 0.3 is 0 Å². The van der Waals surface area contributed by atoms with Crippen LogP contribution in [0.3, 0.4) is 0 Å². The maximum absolute atomic E-state index is 12.4. The van der Waals surface area contributed by atoms with E-state index in [2.05, 4.69) is 25.8 Å². The molecule has 0 fully saturated rings. The van der Waals surface area contributed by atoms with Crippen molar-refractivity contribution in [2.24, 2.45) is 0 Å². The predicted molar refractivity (Wildman–Crippen MR) is 102 cm³/mol. The van der Waals surface area contributed by atoms with E-state index in [1.54, 1.807) is 25.3 Å². The number of hydrogen-bond donors (Lipinski definition) is 3. The first-order valence-corrected chi connectivity index (χ1v) is 8.84. The number of nitrogens with zero attached hydrogens (tertiary/aromatic N) is 2. The molecule has 1 aliphatic rings. The second kappa shape index (κ2) is 7.61. The van der Waals surface area contributed by atoms with Crippen LogP contribution in [0.1, 0.15) is 34.2 Å². The van der Waals surface area contributed by atoms with E-state index >= 15 is 0 Å². The zero-order valence-electron chi connectivity index (χ0n) is 15.2. The smallest absolute Gasteiger partial charge is 0.252 e. The Hall–Kier alpha value is -3.52. The van der Waals surface area contributed by atoms with Crippen LogP contribution in [-0.2, 0) is 16.1 Å². The predicted octanol–water partition coefficient (Wildman–Crippen LogP) is 2.43. The summed E-state index contributed by atoms with van der Waals surface area (Å²) in [5.41, 5.74) is 2.98. The Morgan fingerprint density at radius 3 is 2.75 bits per heavy atom. The highest BCUT2D eigenvalue weighted by Gasteiger charge is 2.29. The minimum Gasteiger partial charge on any atom is -0.377 e. The number of amides is 2. The van der Waals surface area contributed by atoms with Gasteiger partial charge in [0.1, 0.15) is 6.61 Å². The van der Waals surface area contributed by atoms with E-state index < -0.39 is 0 Å². The summed E-state index contributed by atoms with van der Waals surface area (Å²) in [7, 11) is 1.59. The third-order valence-electron chi connectivity index (χ3n) is 4.52. The van der Waals surface area contributed by atoms with Gasteiger partial charge in [-0.05, 0) is 35.9 Å². The molecule has 142 valence electrons. The van der Waals surface area contributed by atoms with Crippen LogP contribution in [0.2, 0.25) is 0 Å². The molecule has 0 unspecified atom stereocenters. The fraction of sp³-hybridized carbons (Fsp3) is 0.200. The second-order valence-electron chi connectivity index (χ2n) is 6.48. The number of hydrogen-bond acceptors (Lipinski definition) is 5. The van der Waals surface area contributed by atoms with Gasteiger partial charge < -0.3 is 15.4 Å². The van der Waals surface area contributed by atoms with Gasteiger partial charge in [-0.15, -0.1) is 0 Å². The van der Waals surface area contributed by atoms with E-state index in [1.165, 1.54) is 0 Å². The van der Waals surface area contributed by atoms with E-state index in [1.807, 2.05) is 30.3 Å². The Kier molecular flexibility index (Phi) is 4.86. The minimum atomic E-state index is -0.310. The molecule has 8 nitrogen and oxygen atoms in total. The zero-order chi connectivity index (χ0) is 19.5. The molecule has 1 aliphatic heterocycles. The van der Waals surface area contributed by atoms with Gasteiger partial charge in [-0.2, -0.15) is 5.10 Å². The average molecular weight is 377 g/mol. The molecule has 8 heteroatoms. The first kappa shape index (κ1) is 17.9. The molecule has 2 aromatic carbocycles. The molecule has 3 N–H and O–H groups in total. The Morgan fingerprint density at radius 2 is 1.96 bits per heavy atom. The lowest BCUT2D eigenvalue weighted by molar-refractivity contribution is -0.116. The number of aromatic nitrogens is 3. The molecule has 28 heavy (non-hydrogen) atoms. The van der Waals surface area contributed by atoms with Crippen molar-refractivity contribution >= 4 is 17.5 Å². The minimum absolute atomic E-state index is 0.142. The van der Waals surface area contributed by atoms with Gasteiger partial charge in [-0.25, -0.2) is 4.98 Å². The summed E-state index contributed by atoms with van der Waals surface area (Å²) in [6, 6.07) is 14.3. The van der Waals surface area contributed by atoms with Gasteiger partial charge in [0.25, 0.3) is 5.91 Å². The highest BCUT2D eigenvalue weighted by atomic mass is 16.5. The molecule has 3 aromatic rings. The average Bonchev–Trinajstić information content (AvgIpc) is 3.28. The second-order valence-corrected chi connectivity index (χ2v) is 6.48. The monoisotopic (exact) mass is 377 g/mol. The Bertz CT molecular complexity index is 1010. The molecular formula is C20H19N5O3. The molecular weight excluding hydrogens is 358 g/mol. The van der Waals surface area contributed by atoms with Gasteiger partial charge in [0.15, 0.2) is 11.6 Å². The van der Waals surface area contributed by atoms with Crippen LogP contribution in [0, 0.1) is 0 Å². The van der Waals surface area contributed by atoms with Crippen molar-refractivity contribution < 1.29 is 14.3 Å². The lowest BCUT2D eigenvalue weighted by atomic mass is 10.0. The number of carbonyl (C=O) groups is 2. The third-order valence-corrected chi connectivity index (χ3v) is 4.52. The van der Waals surface area contributed by atoms with Gasteiger partial charge in [0, 0.05) is 23.9 Å². The molecule has 4 rings (SSSR count). The third kappa shape index (κ3) is 3.63. The maximum Gasteiger partial charge on any atom is 0.252 e. The Labute approximate surface area is 161 Å². The van der Waals surface area contributed by atoms with Crippen molar-refractivity contribution in [2.75, 3.05) is 12.4 Å². The first-order chi connectivity index (χ1) is 13.6. The lowest BCUT2D eigenvalue weighted by Gasteiger charge is -2.12. The van der Waals surface area contributed by atoms with Crippen LogP contribution < -0.4 is 10.6 Å². The molecule has 0 aliphatic carbocycles. The molecule has 2 amide bonds. The summed E-state index contributed by atoms with van der Waals surface area (Å²) >= 11 is 0. The summed E-state index contributed by atoms with van der Waals surface area (Å²) in [6.07, 6.45) is 0.172. The lowest BCUT2D eigenvalue weighted by Crippen LogP contribution is -2.24. The van der Waals surface area contributed by atoms with E-state index in [0.29, 0.717) is 29.5 Å². The number of aromatic amines is 1. The summed E-state index contributed by atoms with van der Waals surface area (Å²) in [5, 5.41) is 12.7. The quantitative estimate of drug-likeness (QED) is 0.611. The number of ether oxygens (including phenoxy) is 1. The van der Waals surface area contributed by atoms with Gasteiger partial charge in [0.2, 0.25) is 5.91 Å². The number of carbonyl (C=O) groups excluding carboxylic acids is 2. The van der Waals surface area contributed by atoms with Crippen molar-refractivity contribution in [1.29, 1.82) is 0 Å².